The zero-order valence-corrected chi connectivity index (χ0v) is 6.34. The number of carbonyl (C=O) groups is 1. The van der Waals surface area contributed by atoms with Crippen LogP contribution >= 0.6 is 0 Å². The number of hydrogen-bond acceptors (Lipinski definition) is 3. The molecule has 0 aliphatic carbocycles. The Morgan fingerprint density at radius 2 is 2.18 bits per heavy atom. The quantitative estimate of drug-likeness (QED) is 0.653. The third-order valence-electron chi connectivity index (χ3n) is 1.23. The molecule has 0 spiro atoms. The molecule has 0 saturated heterocycles. The lowest BCUT2D eigenvalue weighted by atomic mass is 10.4. The van der Waals surface area contributed by atoms with Gasteiger partial charge in [0, 0.05) is 5.41 Å². The topological polar surface area (TPSA) is 71.4 Å². The lowest BCUT2D eigenvalue weighted by Gasteiger charge is -1.95. The van der Waals surface area contributed by atoms with Gasteiger partial charge in [-0.1, -0.05) is 0 Å². The Labute approximate surface area is 63.8 Å². The van der Waals surface area contributed by atoms with E-state index in [2.05, 4.69) is 0 Å². The molecule has 5 heteroatoms. The summed E-state index contributed by atoms with van der Waals surface area (Å²) >= 11 is 0. The fraction of sp³-hybridized carbons (Fsp3) is 0.167. The van der Waals surface area contributed by atoms with Crippen molar-refractivity contribution in [1.82, 2.24) is 0 Å². The van der Waals surface area contributed by atoms with Gasteiger partial charge in [0.15, 0.2) is 9.84 Å². The summed E-state index contributed by atoms with van der Waals surface area (Å²) in [5, 5.41) is 9.26. The van der Waals surface area contributed by atoms with Gasteiger partial charge < -0.3 is 5.11 Å². The molecule has 0 aromatic heterocycles. The van der Waals surface area contributed by atoms with Crippen molar-refractivity contribution in [1.29, 1.82) is 0 Å². The van der Waals surface area contributed by atoms with Gasteiger partial charge in [-0.3, -0.25) is 4.79 Å². The Morgan fingerprint density at radius 1 is 1.55 bits per heavy atom. The van der Waals surface area contributed by atoms with Crippen LogP contribution in [0.5, 0.6) is 0 Å². The molecule has 1 aliphatic rings. The maximum absolute atomic E-state index is 10.9. The summed E-state index contributed by atoms with van der Waals surface area (Å²) in [6, 6.07) is 0. The standard InChI is InChI=1S/C6H6O4S/c7-6(8)4-5-2-1-3-11(5,9)10/h1-3H,4H2,(H,7,8). The second kappa shape index (κ2) is 2.50. The van der Waals surface area contributed by atoms with Crippen LogP contribution in [0.4, 0.5) is 0 Å². The van der Waals surface area contributed by atoms with Crippen molar-refractivity contribution in [2.24, 2.45) is 0 Å². The zero-order valence-electron chi connectivity index (χ0n) is 5.52. The summed E-state index contributed by atoms with van der Waals surface area (Å²) in [6.07, 6.45) is 2.19. The van der Waals surface area contributed by atoms with Crippen molar-refractivity contribution in [3.05, 3.63) is 22.5 Å². The molecule has 0 radical (unpaired) electrons. The van der Waals surface area contributed by atoms with Crippen LogP contribution in [0.1, 0.15) is 6.42 Å². The van der Waals surface area contributed by atoms with Gasteiger partial charge in [0.2, 0.25) is 0 Å². The molecule has 1 N–H and O–H groups in total. The fourth-order valence-corrected chi connectivity index (χ4v) is 1.79. The van der Waals surface area contributed by atoms with E-state index in [1.54, 1.807) is 0 Å². The second-order valence-corrected chi connectivity index (χ2v) is 3.96. The van der Waals surface area contributed by atoms with Crippen molar-refractivity contribution in [2.45, 2.75) is 6.42 Å². The predicted octanol–water partition coefficient (Wildman–Crippen LogP) is 0.287. The lowest BCUT2D eigenvalue weighted by Crippen LogP contribution is -2.03. The van der Waals surface area contributed by atoms with Gasteiger partial charge in [-0.15, -0.1) is 0 Å². The van der Waals surface area contributed by atoms with Crippen LogP contribution < -0.4 is 0 Å². The molecule has 4 nitrogen and oxygen atoms in total. The molecule has 1 rings (SSSR count). The van der Waals surface area contributed by atoms with E-state index in [4.69, 9.17) is 5.11 Å². The smallest absolute Gasteiger partial charge is 0.308 e. The first-order valence-corrected chi connectivity index (χ1v) is 4.41. The number of sulfone groups is 1. The normalized spacial score (nSPS) is 19.8. The van der Waals surface area contributed by atoms with E-state index < -0.39 is 22.2 Å². The summed E-state index contributed by atoms with van der Waals surface area (Å²) in [5.74, 6) is -1.14. The molecule has 0 aromatic rings. The molecular formula is C6H6O4S. The van der Waals surface area contributed by atoms with Gasteiger partial charge in [-0.05, 0) is 12.2 Å². The summed E-state index contributed by atoms with van der Waals surface area (Å²) < 4.78 is 21.8. The highest BCUT2D eigenvalue weighted by atomic mass is 32.2. The molecule has 1 heterocycles. The highest BCUT2D eigenvalue weighted by Crippen LogP contribution is 2.18. The average Bonchev–Trinajstić information content (AvgIpc) is 2.10. The van der Waals surface area contributed by atoms with Crippen molar-refractivity contribution in [2.75, 3.05) is 0 Å². The number of aliphatic carboxylic acids is 1. The minimum atomic E-state index is -3.38. The number of rotatable bonds is 2. The van der Waals surface area contributed by atoms with Crippen molar-refractivity contribution >= 4 is 15.8 Å². The largest absolute Gasteiger partial charge is 0.481 e. The van der Waals surface area contributed by atoms with E-state index in [1.165, 1.54) is 12.2 Å². The molecular weight excluding hydrogens is 168 g/mol. The average molecular weight is 174 g/mol. The SMILES string of the molecule is O=C(O)CC1=CC=CS1(=O)=O. The molecule has 0 unspecified atom stereocenters. The van der Waals surface area contributed by atoms with Gasteiger partial charge in [-0.25, -0.2) is 8.42 Å². The van der Waals surface area contributed by atoms with Gasteiger partial charge in [0.25, 0.3) is 0 Å². The van der Waals surface area contributed by atoms with Gasteiger partial charge in [-0.2, -0.15) is 0 Å². The minimum absolute atomic E-state index is 0.0509. The molecule has 1 aliphatic heterocycles. The van der Waals surface area contributed by atoms with Crippen LogP contribution in [0, 0.1) is 0 Å². The molecule has 60 valence electrons. The first-order valence-electron chi connectivity index (χ1n) is 2.86. The maximum atomic E-state index is 10.9. The zero-order chi connectivity index (χ0) is 8.48. The first kappa shape index (κ1) is 8.00. The predicted molar refractivity (Wildman–Crippen MR) is 38.4 cm³/mol. The number of carboxylic acid groups (broad SMARTS) is 1. The minimum Gasteiger partial charge on any atom is -0.481 e. The Balaban J connectivity index is 2.87. The van der Waals surface area contributed by atoms with Crippen LogP contribution in [0.2, 0.25) is 0 Å². The summed E-state index contributed by atoms with van der Waals surface area (Å²) in [6.45, 7) is 0. The van der Waals surface area contributed by atoms with Crippen LogP contribution in [0.25, 0.3) is 0 Å². The molecule has 0 fully saturated rings. The van der Waals surface area contributed by atoms with Crippen LogP contribution in [-0.2, 0) is 14.6 Å². The number of allylic oxidation sites excluding steroid dienone is 2. The first-order chi connectivity index (χ1) is 5.02. The van der Waals surface area contributed by atoms with Crippen molar-refractivity contribution in [3.63, 3.8) is 0 Å². The molecule has 0 bridgehead atoms. The summed E-state index contributed by atoms with van der Waals surface area (Å²) in [7, 11) is -3.38. The van der Waals surface area contributed by atoms with Crippen LogP contribution in [0.3, 0.4) is 0 Å². The highest BCUT2D eigenvalue weighted by molar-refractivity contribution is 7.98. The monoisotopic (exact) mass is 174 g/mol. The van der Waals surface area contributed by atoms with Crippen LogP contribution in [0.15, 0.2) is 22.5 Å². The summed E-state index contributed by atoms with van der Waals surface area (Å²) in [5.41, 5.74) is 0. The van der Waals surface area contributed by atoms with E-state index >= 15 is 0 Å². The Morgan fingerprint density at radius 3 is 2.55 bits per heavy atom. The fourth-order valence-electron chi connectivity index (χ4n) is 0.741. The molecule has 0 amide bonds. The maximum Gasteiger partial charge on any atom is 0.308 e. The van der Waals surface area contributed by atoms with E-state index in [9.17, 15) is 13.2 Å². The van der Waals surface area contributed by atoms with Gasteiger partial charge >= 0.3 is 5.97 Å². The molecule has 0 atom stereocenters. The van der Waals surface area contributed by atoms with Gasteiger partial charge in [0.1, 0.15) is 0 Å². The third kappa shape index (κ3) is 1.68. The van der Waals surface area contributed by atoms with E-state index in [-0.39, 0.29) is 4.91 Å². The molecule has 0 aromatic carbocycles. The van der Waals surface area contributed by atoms with Gasteiger partial charge in [0.05, 0.1) is 11.3 Å². The van der Waals surface area contributed by atoms with Crippen molar-refractivity contribution < 1.29 is 18.3 Å². The van der Waals surface area contributed by atoms with E-state index in [0.29, 0.717) is 0 Å². The van der Waals surface area contributed by atoms with E-state index in [1.807, 2.05) is 0 Å². The lowest BCUT2D eigenvalue weighted by molar-refractivity contribution is -0.136. The second-order valence-electron chi connectivity index (χ2n) is 2.08. The van der Waals surface area contributed by atoms with Crippen molar-refractivity contribution in [3.8, 4) is 0 Å². The summed E-state index contributed by atoms with van der Waals surface area (Å²) in [4.78, 5) is 10.1. The number of carboxylic acids is 1. The van der Waals surface area contributed by atoms with Crippen LogP contribution in [-0.4, -0.2) is 19.5 Å². The molecule has 11 heavy (non-hydrogen) atoms. The van der Waals surface area contributed by atoms with E-state index in [0.717, 1.165) is 5.41 Å². The Bertz CT molecular complexity index is 334. The highest BCUT2D eigenvalue weighted by Gasteiger charge is 2.19. The Kier molecular flexibility index (Phi) is 1.82. The molecule has 0 saturated carbocycles. The third-order valence-corrected chi connectivity index (χ3v) is 2.76. The number of hydrogen-bond donors (Lipinski definition) is 1. The Hall–Kier alpha value is -1.10.